The fourth-order valence-corrected chi connectivity index (χ4v) is 8.77. The molecule has 0 aliphatic heterocycles. The number of hydrogen-bond acceptors (Lipinski definition) is 0. The zero-order valence-corrected chi connectivity index (χ0v) is 30.9. The molecule has 0 N–H and O–H groups in total. The minimum atomic E-state index is -0.0733. The second-order valence-corrected chi connectivity index (χ2v) is 20.8. The number of halogens is 2. The summed E-state index contributed by atoms with van der Waals surface area (Å²) in [6, 6.07) is 58.6. The minimum absolute atomic E-state index is 0. The normalized spacial score (nSPS) is 10.6. The Morgan fingerprint density at radius 1 is 0.378 bits per heavy atom. The standard InChI is InChI=1S/2C17H11.C7H8Si.2ClH.Hf/c2*1-3-8-14-12(6-1)13-7-2-4-9-15(13)17-11-5-10-16(14)17;1-8-7-5-3-2-4-6-7;;;/h2*1-11H;2-6H,1H3;2*1H;/q2*-1;;;;+2/p-2. The van der Waals surface area contributed by atoms with Crippen LogP contribution < -0.4 is 30.0 Å². The molecule has 0 fully saturated rings. The van der Waals surface area contributed by atoms with Crippen molar-refractivity contribution >= 4 is 75.3 Å². The summed E-state index contributed by atoms with van der Waals surface area (Å²) in [6.07, 6.45) is 0. The van der Waals surface area contributed by atoms with Crippen molar-refractivity contribution in [2.75, 3.05) is 0 Å². The molecular weight excluding hydrogens is 770 g/mol. The monoisotopic (exact) mass is 800 g/mol. The first-order valence-corrected chi connectivity index (χ1v) is 22.1. The van der Waals surface area contributed by atoms with E-state index in [4.69, 9.17) is 0 Å². The van der Waals surface area contributed by atoms with Crippen LogP contribution in [0, 0.1) is 0 Å². The van der Waals surface area contributed by atoms with Gasteiger partial charge in [0, 0.05) is 0 Å². The molecule has 0 aliphatic rings. The zero-order valence-electron chi connectivity index (χ0n) is 24.8. The molecule has 0 heterocycles. The van der Waals surface area contributed by atoms with Crippen LogP contribution in [0.25, 0.3) is 64.6 Å². The number of benzene rings is 7. The molecule has 0 nitrogen and oxygen atoms in total. The maximum atomic E-state index is 2.37. The maximum absolute atomic E-state index is 2.37. The summed E-state index contributed by atoms with van der Waals surface area (Å²) in [4.78, 5) is 0. The van der Waals surface area contributed by atoms with Crippen LogP contribution in [0.2, 0.25) is 6.55 Å². The van der Waals surface area contributed by atoms with Gasteiger partial charge in [-0.2, -0.15) is 24.3 Å². The van der Waals surface area contributed by atoms with Gasteiger partial charge in [0.15, 0.2) is 0 Å². The van der Waals surface area contributed by atoms with Crippen LogP contribution >= 0.6 is 0 Å². The van der Waals surface area contributed by atoms with Crippen molar-refractivity contribution in [2.45, 2.75) is 6.55 Å². The third-order valence-electron chi connectivity index (χ3n) is 8.29. The van der Waals surface area contributed by atoms with E-state index < -0.39 is 0 Å². The molecule has 0 aromatic heterocycles. The predicted octanol–water partition coefficient (Wildman–Crippen LogP) is 4.80. The predicted molar refractivity (Wildman–Crippen MR) is 187 cm³/mol. The molecule has 0 aliphatic carbocycles. The largest absolute Gasteiger partial charge is 1.00 e. The van der Waals surface area contributed by atoms with E-state index in [1.54, 1.807) is 5.19 Å². The van der Waals surface area contributed by atoms with Crippen molar-refractivity contribution < 1.29 is 47.8 Å². The first-order valence-electron chi connectivity index (χ1n) is 14.7. The first-order chi connectivity index (χ1) is 21.2. The summed E-state index contributed by atoms with van der Waals surface area (Å²) >= 11 is 1.36. The number of hydrogen-bond donors (Lipinski definition) is 0. The van der Waals surface area contributed by atoms with Gasteiger partial charge in [0.2, 0.25) is 0 Å². The molecule has 0 saturated carbocycles. The molecule has 9 aromatic carbocycles. The molecule has 0 saturated heterocycles. The number of rotatable bonds is 1. The third-order valence-corrected chi connectivity index (χ3v) is 12.6. The molecule has 0 spiro atoms. The van der Waals surface area contributed by atoms with Gasteiger partial charge in [0.1, 0.15) is 0 Å². The minimum Gasteiger partial charge on any atom is -1.00 e. The second-order valence-electron chi connectivity index (χ2n) is 10.9. The van der Waals surface area contributed by atoms with Crippen LogP contribution in [0.4, 0.5) is 0 Å². The molecule has 0 bridgehead atoms. The molecule has 0 unspecified atom stereocenters. The van der Waals surface area contributed by atoms with E-state index in [0.717, 1.165) is 0 Å². The van der Waals surface area contributed by atoms with E-state index in [9.17, 15) is 0 Å². The second kappa shape index (κ2) is 14.7. The Bertz CT molecular complexity index is 2100. The zero-order chi connectivity index (χ0) is 29.2. The van der Waals surface area contributed by atoms with E-state index >= 15 is 0 Å². The van der Waals surface area contributed by atoms with Crippen LogP contribution in [0.3, 0.4) is 0 Å². The smallest absolute Gasteiger partial charge is 0.0293 e. The quantitative estimate of drug-likeness (QED) is 0.127. The Hall–Kier alpha value is -3.53. The van der Waals surface area contributed by atoms with Gasteiger partial charge in [-0.3, -0.25) is 0 Å². The van der Waals surface area contributed by atoms with Gasteiger partial charge < -0.3 is 24.8 Å². The summed E-state index contributed by atoms with van der Waals surface area (Å²) in [5, 5.41) is 17.8. The van der Waals surface area contributed by atoms with Gasteiger partial charge in [-0.05, 0) is 10.8 Å². The van der Waals surface area contributed by atoms with Crippen molar-refractivity contribution in [3.8, 4) is 0 Å². The van der Waals surface area contributed by atoms with Crippen LogP contribution in [0.1, 0.15) is 0 Å². The molecule has 0 atom stereocenters. The van der Waals surface area contributed by atoms with Crippen LogP contribution in [0.5, 0.6) is 0 Å². The Labute approximate surface area is 291 Å². The van der Waals surface area contributed by atoms with Crippen LogP contribution in [-0.4, -0.2) is 5.49 Å². The number of fused-ring (bicyclic) bond motifs is 12. The van der Waals surface area contributed by atoms with E-state index in [0.29, 0.717) is 0 Å². The first kappa shape index (κ1) is 32.8. The fraction of sp³-hybridized carbons (Fsp3) is 0.0244. The fourth-order valence-electron chi connectivity index (χ4n) is 6.28. The van der Waals surface area contributed by atoms with Gasteiger partial charge >= 0.3 is 70.6 Å². The summed E-state index contributed by atoms with van der Waals surface area (Å²) < 4.78 is 0. The van der Waals surface area contributed by atoms with Gasteiger partial charge in [0.25, 0.3) is 0 Å². The molecule has 9 aromatic rings. The Balaban J connectivity index is 0.000000137. The van der Waals surface area contributed by atoms with Crippen molar-refractivity contribution in [3.05, 3.63) is 164 Å². The average Bonchev–Trinajstić information content (AvgIpc) is 3.78. The van der Waals surface area contributed by atoms with Crippen molar-refractivity contribution in [1.82, 2.24) is 0 Å². The maximum Gasteiger partial charge on any atom is -0.0293 e. The van der Waals surface area contributed by atoms with E-state index in [1.807, 2.05) is 0 Å². The average molecular weight is 800 g/mol. The molecule has 9 rings (SSSR count). The van der Waals surface area contributed by atoms with E-state index in [2.05, 4.69) is 170 Å². The molecule has 0 amide bonds. The van der Waals surface area contributed by atoms with Gasteiger partial charge in [0.05, 0.1) is 0 Å². The van der Waals surface area contributed by atoms with Crippen LogP contribution in [0.15, 0.2) is 164 Å². The summed E-state index contributed by atoms with van der Waals surface area (Å²) in [6.45, 7) is 2.37. The van der Waals surface area contributed by atoms with E-state index in [-0.39, 0.29) is 30.3 Å². The molecule has 4 heteroatoms. The Morgan fingerprint density at radius 3 is 0.956 bits per heavy atom. The van der Waals surface area contributed by atoms with Crippen molar-refractivity contribution in [1.29, 1.82) is 0 Å². The molecule has 45 heavy (non-hydrogen) atoms. The Morgan fingerprint density at radius 2 is 0.644 bits per heavy atom. The topological polar surface area (TPSA) is 0 Å². The summed E-state index contributed by atoms with van der Waals surface area (Å²) in [5.41, 5.74) is -0.0733. The summed E-state index contributed by atoms with van der Waals surface area (Å²) in [7, 11) is 0. The van der Waals surface area contributed by atoms with Gasteiger partial charge in [-0.1, -0.05) is 129 Å². The molecule has 0 radical (unpaired) electrons. The van der Waals surface area contributed by atoms with E-state index in [1.165, 1.54) is 87.6 Å². The molecular formula is C41H30Cl2HfSi-2. The third kappa shape index (κ3) is 6.43. The SMILES string of the molecule is C[Si](=[Hf+2])c1ccccc1.[Cl-].[Cl-].c1ccc2c(c1)c1ccccc1c1[cH-]ccc21.c1ccc2c(c1)c1ccccc1c1[cH-]ccc21. The molecule has 218 valence electrons. The van der Waals surface area contributed by atoms with Gasteiger partial charge in [-0.15, -0.1) is 33.7 Å². The summed E-state index contributed by atoms with van der Waals surface area (Å²) in [5.74, 6) is 0. The van der Waals surface area contributed by atoms with Gasteiger partial charge in [-0.25, -0.2) is 0 Å². The Kier molecular flexibility index (Phi) is 10.7. The van der Waals surface area contributed by atoms with Crippen LogP contribution in [-0.2, 0) is 23.0 Å². The van der Waals surface area contributed by atoms with Crippen molar-refractivity contribution in [3.63, 3.8) is 0 Å². The van der Waals surface area contributed by atoms with Crippen molar-refractivity contribution in [2.24, 2.45) is 0 Å².